The molecule has 0 aliphatic carbocycles. The van der Waals surface area contributed by atoms with Crippen LogP contribution in [0.5, 0.6) is 0 Å². The third-order valence-corrected chi connectivity index (χ3v) is 3.36. The lowest BCUT2D eigenvalue weighted by Crippen LogP contribution is -2.32. The van der Waals surface area contributed by atoms with Crippen LogP contribution in [0.3, 0.4) is 0 Å². The second-order valence-electron chi connectivity index (χ2n) is 5.15. The van der Waals surface area contributed by atoms with Gasteiger partial charge in [0.25, 0.3) is 0 Å². The van der Waals surface area contributed by atoms with E-state index in [9.17, 15) is 9.59 Å². The predicted octanol–water partition coefficient (Wildman–Crippen LogP) is 1.76. The molecule has 2 unspecified atom stereocenters. The van der Waals surface area contributed by atoms with Crippen LogP contribution >= 0.6 is 0 Å². The first kappa shape index (κ1) is 17.9. The molecule has 5 nitrogen and oxygen atoms in total. The number of nitrogens with one attached hydrogen (secondary N) is 1. The Morgan fingerprint density at radius 1 is 1.21 bits per heavy atom. The molecule has 0 saturated carbocycles. The van der Waals surface area contributed by atoms with Crippen molar-refractivity contribution >= 4 is 11.9 Å². The first-order valence-corrected chi connectivity index (χ1v) is 7.20. The molecule has 0 aromatic heterocycles. The topological polar surface area (TPSA) is 92.4 Å². The highest BCUT2D eigenvalue weighted by Gasteiger charge is 2.13. The molecule has 0 rings (SSSR count). The van der Waals surface area contributed by atoms with Gasteiger partial charge in [0.05, 0.1) is 0 Å². The van der Waals surface area contributed by atoms with Crippen molar-refractivity contribution in [2.45, 2.75) is 52.4 Å². The molecule has 4 N–H and O–H groups in total. The number of hydrogen-bond acceptors (Lipinski definition) is 3. The largest absolute Gasteiger partial charge is 0.481 e. The number of amides is 1. The molecule has 0 saturated heterocycles. The average Bonchev–Trinajstić information content (AvgIpc) is 2.35. The summed E-state index contributed by atoms with van der Waals surface area (Å²) in [5, 5.41) is 11.6. The van der Waals surface area contributed by atoms with E-state index in [0.29, 0.717) is 31.8 Å². The van der Waals surface area contributed by atoms with Crippen molar-refractivity contribution in [1.29, 1.82) is 0 Å². The molecular weight excluding hydrogens is 244 g/mol. The zero-order valence-corrected chi connectivity index (χ0v) is 12.2. The Labute approximate surface area is 115 Å². The molecule has 2 atom stereocenters. The van der Waals surface area contributed by atoms with Gasteiger partial charge in [-0.25, -0.2) is 0 Å². The number of carboxylic acid groups (broad SMARTS) is 1. The fourth-order valence-corrected chi connectivity index (χ4v) is 2.12. The molecule has 0 bridgehead atoms. The average molecular weight is 272 g/mol. The van der Waals surface area contributed by atoms with Crippen molar-refractivity contribution in [2.75, 3.05) is 13.1 Å². The van der Waals surface area contributed by atoms with E-state index in [1.54, 1.807) is 0 Å². The molecule has 112 valence electrons. The molecule has 0 aliphatic rings. The van der Waals surface area contributed by atoms with Crippen LogP contribution in [-0.4, -0.2) is 30.1 Å². The second kappa shape index (κ2) is 10.8. The number of hydrogen-bond donors (Lipinski definition) is 3. The minimum atomic E-state index is -0.748. The summed E-state index contributed by atoms with van der Waals surface area (Å²) in [5.74, 6) is -0.375. The highest BCUT2D eigenvalue weighted by atomic mass is 16.4. The number of aliphatic carboxylic acids is 1. The predicted molar refractivity (Wildman–Crippen MR) is 75.7 cm³/mol. The van der Waals surface area contributed by atoms with Crippen molar-refractivity contribution in [3.8, 4) is 0 Å². The molecule has 0 heterocycles. The monoisotopic (exact) mass is 272 g/mol. The fraction of sp³-hybridized carbons (Fsp3) is 0.857. The van der Waals surface area contributed by atoms with Gasteiger partial charge in [-0.2, -0.15) is 0 Å². The van der Waals surface area contributed by atoms with Crippen molar-refractivity contribution in [1.82, 2.24) is 5.32 Å². The number of carboxylic acids is 1. The van der Waals surface area contributed by atoms with Gasteiger partial charge >= 0.3 is 5.97 Å². The Bertz CT molecular complexity index is 269. The third-order valence-electron chi connectivity index (χ3n) is 3.36. The first-order chi connectivity index (χ1) is 9.01. The summed E-state index contributed by atoms with van der Waals surface area (Å²) in [5.41, 5.74) is 5.42. The van der Waals surface area contributed by atoms with Crippen LogP contribution in [-0.2, 0) is 9.59 Å². The maximum absolute atomic E-state index is 11.7. The molecule has 19 heavy (non-hydrogen) atoms. The zero-order valence-electron chi connectivity index (χ0n) is 12.2. The van der Waals surface area contributed by atoms with Crippen LogP contribution in [0.1, 0.15) is 52.4 Å². The Morgan fingerprint density at radius 3 is 2.42 bits per heavy atom. The van der Waals surface area contributed by atoms with Gasteiger partial charge in [0.1, 0.15) is 0 Å². The van der Waals surface area contributed by atoms with Crippen molar-refractivity contribution in [3.63, 3.8) is 0 Å². The van der Waals surface area contributed by atoms with Gasteiger partial charge < -0.3 is 16.2 Å². The Hall–Kier alpha value is -1.10. The van der Waals surface area contributed by atoms with Crippen LogP contribution in [0.2, 0.25) is 0 Å². The summed E-state index contributed by atoms with van der Waals surface area (Å²) < 4.78 is 0. The Balaban J connectivity index is 3.90. The fourth-order valence-electron chi connectivity index (χ4n) is 2.12. The molecule has 0 spiro atoms. The van der Waals surface area contributed by atoms with Crippen molar-refractivity contribution < 1.29 is 14.7 Å². The van der Waals surface area contributed by atoms with Crippen LogP contribution in [0, 0.1) is 11.8 Å². The minimum Gasteiger partial charge on any atom is -0.481 e. The van der Waals surface area contributed by atoms with E-state index in [4.69, 9.17) is 10.8 Å². The van der Waals surface area contributed by atoms with Crippen LogP contribution in [0.25, 0.3) is 0 Å². The Kier molecular flexibility index (Phi) is 10.2. The molecule has 0 aromatic carbocycles. The van der Waals surface area contributed by atoms with Crippen LogP contribution in [0.4, 0.5) is 0 Å². The van der Waals surface area contributed by atoms with Gasteiger partial charge in [0.2, 0.25) is 5.91 Å². The zero-order chi connectivity index (χ0) is 14.7. The normalized spacial score (nSPS) is 13.8. The molecule has 5 heteroatoms. The highest BCUT2D eigenvalue weighted by Crippen LogP contribution is 2.17. The maximum Gasteiger partial charge on any atom is 0.303 e. The van der Waals surface area contributed by atoms with E-state index >= 15 is 0 Å². The summed E-state index contributed by atoms with van der Waals surface area (Å²) >= 11 is 0. The lowest BCUT2D eigenvalue weighted by Gasteiger charge is -2.16. The molecule has 0 aromatic rings. The van der Waals surface area contributed by atoms with Crippen LogP contribution in [0.15, 0.2) is 0 Å². The number of carbonyl (C=O) groups excluding carboxylic acids is 1. The lowest BCUT2D eigenvalue weighted by molar-refractivity contribution is -0.137. The standard InChI is InChI=1S/C14H28N2O3/c1-3-4-12(5-6-13(17)18)8-10-16-14(19)11(2)7-9-15/h11-12H,3-10,15H2,1-2H3,(H,16,19)(H,17,18). The highest BCUT2D eigenvalue weighted by molar-refractivity contribution is 5.78. The summed E-state index contributed by atoms with van der Waals surface area (Å²) in [4.78, 5) is 22.2. The van der Waals surface area contributed by atoms with Gasteiger partial charge in [0, 0.05) is 18.9 Å². The number of rotatable bonds is 11. The van der Waals surface area contributed by atoms with Crippen molar-refractivity contribution in [2.24, 2.45) is 17.6 Å². The van der Waals surface area contributed by atoms with Gasteiger partial charge in [-0.15, -0.1) is 0 Å². The lowest BCUT2D eigenvalue weighted by atomic mass is 9.94. The van der Waals surface area contributed by atoms with Gasteiger partial charge in [0.15, 0.2) is 0 Å². The third kappa shape index (κ3) is 9.47. The quantitative estimate of drug-likeness (QED) is 0.534. The molecule has 0 fully saturated rings. The summed E-state index contributed by atoms with van der Waals surface area (Å²) in [7, 11) is 0. The first-order valence-electron chi connectivity index (χ1n) is 7.20. The van der Waals surface area contributed by atoms with Gasteiger partial charge in [-0.1, -0.05) is 26.7 Å². The molecule has 0 radical (unpaired) electrons. The number of carbonyl (C=O) groups is 2. The SMILES string of the molecule is CCCC(CCNC(=O)C(C)CCN)CCC(=O)O. The summed E-state index contributed by atoms with van der Waals surface area (Å²) in [6, 6.07) is 0. The maximum atomic E-state index is 11.7. The number of nitrogens with two attached hydrogens (primary N) is 1. The van der Waals surface area contributed by atoms with Crippen LogP contribution < -0.4 is 11.1 Å². The second-order valence-corrected chi connectivity index (χ2v) is 5.15. The molecule has 1 amide bonds. The van der Waals surface area contributed by atoms with Gasteiger partial charge in [-0.05, 0) is 31.7 Å². The smallest absolute Gasteiger partial charge is 0.303 e. The van der Waals surface area contributed by atoms with Gasteiger partial charge in [-0.3, -0.25) is 9.59 Å². The van der Waals surface area contributed by atoms with E-state index in [-0.39, 0.29) is 18.2 Å². The van der Waals surface area contributed by atoms with Crippen molar-refractivity contribution in [3.05, 3.63) is 0 Å². The summed E-state index contributed by atoms with van der Waals surface area (Å²) in [6.45, 7) is 5.11. The van der Waals surface area contributed by atoms with E-state index < -0.39 is 5.97 Å². The Morgan fingerprint density at radius 2 is 1.89 bits per heavy atom. The van der Waals surface area contributed by atoms with E-state index in [2.05, 4.69) is 12.2 Å². The summed E-state index contributed by atoms with van der Waals surface area (Å²) in [6.07, 6.45) is 4.51. The minimum absolute atomic E-state index is 0.0407. The van der Waals surface area contributed by atoms with E-state index in [0.717, 1.165) is 19.3 Å². The molecule has 0 aliphatic heterocycles. The van der Waals surface area contributed by atoms with E-state index in [1.807, 2.05) is 6.92 Å². The molecular formula is C14H28N2O3. The van der Waals surface area contributed by atoms with E-state index in [1.165, 1.54) is 0 Å².